The van der Waals surface area contributed by atoms with E-state index < -0.39 is 5.97 Å². The molecule has 24 heavy (non-hydrogen) atoms. The quantitative estimate of drug-likeness (QED) is 0.768. The summed E-state index contributed by atoms with van der Waals surface area (Å²) in [4.78, 5) is 29.6. The van der Waals surface area contributed by atoms with Gasteiger partial charge in [-0.2, -0.15) is 0 Å². The van der Waals surface area contributed by atoms with Crippen LogP contribution in [0.3, 0.4) is 0 Å². The number of carbonyl (C=O) groups excluding carboxylic acids is 1. The lowest BCUT2D eigenvalue weighted by Gasteiger charge is -2.52. The first kappa shape index (κ1) is 18.0. The molecule has 2 amide bonds. The number of pyridine rings is 1. The average molecular weight is 334 g/mol. The summed E-state index contributed by atoms with van der Waals surface area (Å²) in [7, 11) is 3.76. The Morgan fingerprint density at radius 3 is 2.58 bits per heavy atom. The zero-order valence-corrected chi connectivity index (χ0v) is 14.8. The molecule has 2 rings (SSSR count). The minimum atomic E-state index is -0.766. The largest absolute Gasteiger partial charge is 0.481 e. The van der Waals surface area contributed by atoms with E-state index in [4.69, 9.17) is 0 Å². The fraction of sp³-hybridized carbons (Fsp3) is 0.588. The van der Waals surface area contributed by atoms with Gasteiger partial charge in [0.1, 0.15) is 11.6 Å². The Balaban J connectivity index is 1.93. The monoisotopic (exact) mass is 334 g/mol. The van der Waals surface area contributed by atoms with Gasteiger partial charge in [0.15, 0.2) is 0 Å². The molecule has 1 aromatic rings. The summed E-state index contributed by atoms with van der Waals surface area (Å²) in [5.74, 6) is 0.240. The Hall–Kier alpha value is -2.31. The predicted octanol–water partition coefficient (Wildman–Crippen LogP) is 2.40. The smallest absolute Gasteiger partial charge is 0.320 e. The number of hydrogen-bond acceptors (Lipinski definition) is 4. The third kappa shape index (κ3) is 3.60. The van der Waals surface area contributed by atoms with Gasteiger partial charge in [0.2, 0.25) is 0 Å². The van der Waals surface area contributed by atoms with Crippen LogP contribution < -0.4 is 15.5 Å². The van der Waals surface area contributed by atoms with Crippen LogP contribution in [0.5, 0.6) is 0 Å². The standard InChI is InChI=1S/C17H26N4O3/c1-10(11-9-12(15(22)23)17(11,2)3)18-16(24)20-13-7-6-8-14(19-13)21(4)5/h6-8,10-12H,9H2,1-5H3,(H,22,23)(H2,18,19,20,24)/t10?,11-,12+/m0/s1. The normalized spacial score (nSPS) is 22.9. The first-order chi connectivity index (χ1) is 11.1. The lowest BCUT2D eigenvalue weighted by Crippen LogP contribution is -2.57. The lowest BCUT2D eigenvalue weighted by atomic mass is 9.53. The molecular formula is C17H26N4O3. The molecule has 3 atom stereocenters. The molecule has 0 aliphatic heterocycles. The van der Waals surface area contributed by atoms with Gasteiger partial charge in [-0.1, -0.05) is 19.9 Å². The fourth-order valence-corrected chi connectivity index (χ4v) is 3.43. The van der Waals surface area contributed by atoms with Crippen LogP contribution in [0, 0.1) is 17.3 Å². The highest BCUT2D eigenvalue weighted by atomic mass is 16.4. The summed E-state index contributed by atoms with van der Waals surface area (Å²) >= 11 is 0. The van der Waals surface area contributed by atoms with Crippen LogP contribution >= 0.6 is 0 Å². The van der Waals surface area contributed by atoms with E-state index in [-0.39, 0.29) is 29.3 Å². The number of amides is 2. The average Bonchev–Trinajstić information content (AvgIpc) is 2.45. The number of rotatable bonds is 5. The third-order valence-corrected chi connectivity index (χ3v) is 5.04. The molecule has 0 saturated heterocycles. The highest BCUT2D eigenvalue weighted by Gasteiger charge is 2.53. The number of aromatic nitrogens is 1. The Morgan fingerprint density at radius 1 is 1.38 bits per heavy atom. The van der Waals surface area contributed by atoms with Crippen LogP contribution in [-0.2, 0) is 4.79 Å². The van der Waals surface area contributed by atoms with Gasteiger partial charge >= 0.3 is 12.0 Å². The molecule has 0 spiro atoms. The Labute approximate surface area is 142 Å². The van der Waals surface area contributed by atoms with Gasteiger partial charge in [-0.25, -0.2) is 9.78 Å². The number of aliphatic carboxylic acids is 1. The van der Waals surface area contributed by atoms with Gasteiger partial charge < -0.3 is 15.3 Å². The third-order valence-electron chi connectivity index (χ3n) is 5.04. The van der Waals surface area contributed by atoms with E-state index in [1.807, 2.05) is 51.9 Å². The van der Waals surface area contributed by atoms with Crippen molar-refractivity contribution in [1.82, 2.24) is 10.3 Å². The SMILES string of the molecule is CC(NC(=O)Nc1cccc(N(C)C)n1)[C@@H]1C[C@H](C(=O)O)C1(C)C. The molecule has 1 aliphatic carbocycles. The number of urea groups is 1. The summed E-state index contributed by atoms with van der Waals surface area (Å²) in [6, 6.07) is 4.96. The summed E-state index contributed by atoms with van der Waals surface area (Å²) in [5, 5.41) is 14.8. The van der Waals surface area contributed by atoms with Crippen LogP contribution in [-0.4, -0.2) is 42.2 Å². The Bertz CT molecular complexity index is 630. The van der Waals surface area contributed by atoms with Gasteiger partial charge in [-0.3, -0.25) is 10.1 Å². The number of nitrogens with one attached hydrogen (secondary N) is 2. The van der Waals surface area contributed by atoms with Crippen LogP contribution in [0.4, 0.5) is 16.4 Å². The minimum absolute atomic E-state index is 0.118. The van der Waals surface area contributed by atoms with E-state index in [1.165, 1.54) is 0 Å². The summed E-state index contributed by atoms with van der Waals surface area (Å²) in [5.41, 5.74) is -0.332. The maximum Gasteiger partial charge on any atom is 0.320 e. The van der Waals surface area contributed by atoms with Crippen LogP contribution in [0.15, 0.2) is 18.2 Å². The molecule has 7 heteroatoms. The number of carboxylic acids is 1. The predicted molar refractivity (Wildman–Crippen MR) is 93.2 cm³/mol. The maximum atomic E-state index is 12.2. The van der Waals surface area contributed by atoms with Crippen molar-refractivity contribution in [3.05, 3.63) is 18.2 Å². The van der Waals surface area contributed by atoms with E-state index >= 15 is 0 Å². The van der Waals surface area contributed by atoms with Crippen LogP contribution in [0.2, 0.25) is 0 Å². The number of carbonyl (C=O) groups is 2. The molecule has 3 N–H and O–H groups in total. The molecule has 1 heterocycles. The van der Waals surface area contributed by atoms with Crippen molar-refractivity contribution in [3.8, 4) is 0 Å². The van der Waals surface area contributed by atoms with Gasteiger partial charge in [0, 0.05) is 20.1 Å². The Kier molecular flexibility index (Phi) is 5.01. The summed E-state index contributed by atoms with van der Waals surface area (Å²) in [6.07, 6.45) is 0.581. The van der Waals surface area contributed by atoms with Gasteiger partial charge in [0.25, 0.3) is 0 Å². The molecule has 132 valence electrons. The summed E-state index contributed by atoms with van der Waals surface area (Å²) in [6.45, 7) is 5.80. The van der Waals surface area contributed by atoms with Crippen molar-refractivity contribution >= 4 is 23.6 Å². The first-order valence-electron chi connectivity index (χ1n) is 8.07. The van der Waals surface area contributed by atoms with Gasteiger partial charge in [-0.15, -0.1) is 0 Å². The topological polar surface area (TPSA) is 94.6 Å². The molecule has 0 aromatic carbocycles. The van der Waals surface area contributed by atoms with Crippen LogP contribution in [0.1, 0.15) is 27.2 Å². The molecule has 1 aromatic heterocycles. The van der Waals surface area contributed by atoms with Crippen molar-refractivity contribution in [1.29, 1.82) is 0 Å². The van der Waals surface area contributed by atoms with Crippen molar-refractivity contribution in [2.24, 2.45) is 17.3 Å². The van der Waals surface area contributed by atoms with E-state index in [2.05, 4.69) is 15.6 Å². The zero-order chi connectivity index (χ0) is 18.1. The van der Waals surface area contributed by atoms with E-state index in [1.54, 1.807) is 6.07 Å². The minimum Gasteiger partial charge on any atom is -0.481 e. The molecular weight excluding hydrogens is 308 g/mol. The number of anilines is 2. The first-order valence-corrected chi connectivity index (χ1v) is 8.07. The van der Waals surface area contributed by atoms with Crippen molar-refractivity contribution in [2.45, 2.75) is 33.2 Å². The second kappa shape index (κ2) is 6.67. The highest BCUT2D eigenvalue weighted by Crippen LogP contribution is 2.52. The molecule has 0 bridgehead atoms. The number of carboxylic acid groups (broad SMARTS) is 1. The van der Waals surface area contributed by atoms with E-state index in [0.717, 1.165) is 5.82 Å². The van der Waals surface area contributed by atoms with Gasteiger partial charge in [-0.05, 0) is 36.8 Å². The second-order valence-electron chi connectivity index (χ2n) is 7.22. The van der Waals surface area contributed by atoms with E-state index in [0.29, 0.717) is 12.2 Å². The summed E-state index contributed by atoms with van der Waals surface area (Å²) < 4.78 is 0. The van der Waals surface area contributed by atoms with Gasteiger partial charge in [0.05, 0.1) is 5.92 Å². The molecule has 1 saturated carbocycles. The number of nitrogens with zero attached hydrogens (tertiary/aromatic N) is 2. The van der Waals surface area contributed by atoms with Crippen molar-refractivity contribution in [2.75, 3.05) is 24.3 Å². The second-order valence-corrected chi connectivity index (χ2v) is 7.22. The maximum absolute atomic E-state index is 12.2. The lowest BCUT2D eigenvalue weighted by molar-refractivity contribution is -0.160. The fourth-order valence-electron chi connectivity index (χ4n) is 3.43. The molecule has 1 unspecified atom stereocenters. The highest BCUT2D eigenvalue weighted by molar-refractivity contribution is 5.88. The molecule has 1 aliphatic rings. The molecule has 0 radical (unpaired) electrons. The zero-order valence-electron chi connectivity index (χ0n) is 14.8. The molecule has 7 nitrogen and oxygen atoms in total. The Morgan fingerprint density at radius 2 is 2.04 bits per heavy atom. The number of hydrogen-bond donors (Lipinski definition) is 3. The van der Waals surface area contributed by atoms with Crippen LogP contribution in [0.25, 0.3) is 0 Å². The molecule has 1 fully saturated rings. The van der Waals surface area contributed by atoms with Crippen molar-refractivity contribution < 1.29 is 14.7 Å². The van der Waals surface area contributed by atoms with E-state index in [9.17, 15) is 14.7 Å². The van der Waals surface area contributed by atoms with Crippen molar-refractivity contribution in [3.63, 3.8) is 0 Å².